The van der Waals surface area contributed by atoms with E-state index in [-0.39, 0.29) is 24.2 Å². The van der Waals surface area contributed by atoms with Crippen molar-refractivity contribution in [2.75, 3.05) is 26.2 Å². The fourth-order valence-electron chi connectivity index (χ4n) is 3.28. The lowest BCUT2D eigenvalue weighted by Crippen LogP contribution is -2.49. The van der Waals surface area contributed by atoms with Gasteiger partial charge in [0.15, 0.2) is 0 Å². The van der Waals surface area contributed by atoms with E-state index in [1.165, 1.54) is 6.42 Å². The van der Waals surface area contributed by atoms with Gasteiger partial charge in [-0.2, -0.15) is 0 Å². The molecule has 0 radical (unpaired) electrons. The van der Waals surface area contributed by atoms with Gasteiger partial charge in [-0.3, -0.25) is 9.59 Å². The first-order valence-corrected chi connectivity index (χ1v) is 7.82. The van der Waals surface area contributed by atoms with Crippen LogP contribution in [0.3, 0.4) is 0 Å². The van der Waals surface area contributed by atoms with Crippen LogP contribution in [0.1, 0.15) is 39.5 Å². The van der Waals surface area contributed by atoms with Crippen molar-refractivity contribution in [1.82, 2.24) is 9.80 Å². The zero-order valence-electron chi connectivity index (χ0n) is 13.1. The third kappa shape index (κ3) is 4.58. The lowest BCUT2D eigenvalue weighted by Gasteiger charge is -2.37. The molecule has 21 heavy (non-hydrogen) atoms. The van der Waals surface area contributed by atoms with E-state index in [1.807, 2.05) is 4.90 Å². The maximum Gasteiger partial charge on any atom is 0.239 e. The van der Waals surface area contributed by atoms with E-state index in [0.717, 1.165) is 32.4 Å². The number of piperidine rings is 2. The summed E-state index contributed by atoms with van der Waals surface area (Å²) in [7, 11) is 0. The average Bonchev–Trinajstić information content (AvgIpc) is 2.46. The van der Waals surface area contributed by atoms with E-state index in [2.05, 4.69) is 6.92 Å². The Hall–Kier alpha value is -0.810. The van der Waals surface area contributed by atoms with Crippen molar-refractivity contribution in [3.8, 4) is 0 Å². The Labute approximate surface area is 133 Å². The second kappa shape index (κ2) is 7.99. The summed E-state index contributed by atoms with van der Waals surface area (Å²) in [6, 6.07) is -0.440. The van der Waals surface area contributed by atoms with Gasteiger partial charge in [0.2, 0.25) is 11.8 Å². The third-order valence-corrected chi connectivity index (χ3v) is 4.51. The number of hydrogen-bond acceptors (Lipinski definition) is 3. The third-order valence-electron chi connectivity index (χ3n) is 4.51. The van der Waals surface area contributed by atoms with Gasteiger partial charge in [0.25, 0.3) is 0 Å². The number of carbonyl (C=O) groups excluding carboxylic acids is 2. The monoisotopic (exact) mass is 317 g/mol. The lowest BCUT2D eigenvalue weighted by molar-refractivity contribution is -0.142. The highest BCUT2D eigenvalue weighted by Gasteiger charge is 2.32. The van der Waals surface area contributed by atoms with E-state index < -0.39 is 6.04 Å². The van der Waals surface area contributed by atoms with Crippen LogP contribution in [0.25, 0.3) is 0 Å². The molecule has 2 aliphatic heterocycles. The predicted octanol–water partition coefficient (Wildman–Crippen LogP) is 1.25. The minimum absolute atomic E-state index is 0. The molecule has 122 valence electrons. The highest BCUT2D eigenvalue weighted by atomic mass is 35.5. The Morgan fingerprint density at radius 3 is 2.24 bits per heavy atom. The van der Waals surface area contributed by atoms with Crippen LogP contribution < -0.4 is 5.73 Å². The minimum Gasteiger partial charge on any atom is -0.342 e. The van der Waals surface area contributed by atoms with Crippen LogP contribution in [0.2, 0.25) is 0 Å². The second-order valence-electron chi connectivity index (χ2n) is 6.42. The SMILES string of the molecule is CC1CCCN(C(=O)C2CCN(C(=O)[C@@H](C)N)CC2)C1.Cl. The number of rotatable bonds is 2. The lowest BCUT2D eigenvalue weighted by atomic mass is 9.92. The fraction of sp³-hybridized carbons (Fsp3) is 0.867. The molecule has 0 aromatic heterocycles. The molecule has 0 bridgehead atoms. The number of amides is 2. The van der Waals surface area contributed by atoms with Crippen LogP contribution in [-0.2, 0) is 9.59 Å². The molecule has 2 aliphatic rings. The number of halogens is 1. The Morgan fingerprint density at radius 2 is 1.71 bits per heavy atom. The van der Waals surface area contributed by atoms with Crippen LogP contribution in [0, 0.1) is 11.8 Å². The Balaban J connectivity index is 0.00000220. The molecule has 2 rings (SSSR count). The van der Waals surface area contributed by atoms with Crippen molar-refractivity contribution < 1.29 is 9.59 Å². The molecule has 0 aliphatic carbocycles. The molecular formula is C15H28ClN3O2. The molecule has 2 amide bonds. The summed E-state index contributed by atoms with van der Waals surface area (Å²) >= 11 is 0. The smallest absolute Gasteiger partial charge is 0.239 e. The van der Waals surface area contributed by atoms with Crippen LogP contribution in [-0.4, -0.2) is 53.8 Å². The van der Waals surface area contributed by atoms with Crippen molar-refractivity contribution in [2.24, 2.45) is 17.6 Å². The first kappa shape index (κ1) is 18.2. The normalized spacial score (nSPS) is 25.2. The largest absolute Gasteiger partial charge is 0.342 e. The number of carbonyl (C=O) groups is 2. The molecule has 0 saturated carbocycles. The first-order valence-electron chi connectivity index (χ1n) is 7.82. The molecule has 5 nitrogen and oxygen atoms in total. The molecule has 0 spiro atoms. The van der Waals surface area contributed by atoms with Gasteiger partial charge in [-0.15, -0.1) is 12.4 Å². The predicted molar refractivity (Wildman–Crippen MR) is 85.2 cm³/mol. The van der Waals surface area contributed by atoms with E-state index in [0.29, 0.717) is 24.9 Å². The molecule has 1 unspecified atom stereocenters. The van der Waals surface area contributed by atoms with Crippen molar-refractivity contribution in [2.45, 2.75) is 45.6 Å². The molecule has 2 atom stereocenters. The van der Waals surface area contributed by atoms with Gasteiger partial charge in [-0.25, -0.2) is 0 Å². The molecule has 0 aromatic rings. The summed E-state index contributed by atoms with van der Waals surface area (Å²) in [4.78, 5) is 28.2. The topological polar surface area (TPSA) is 66.6 Å². The van der Waals surface area contributed by atoms with Gasteiger partial charge < -0.3 is 15.5 Å². The summed E-state index contributed by atoms with van der Waals surface area (Å²) < 4.78 is 0. The molecule has 2 fully saturated rings. The molecule has 0 aromatic carbocycles. The van der Waals surface area contributed by atoms with E-state index in [1.54, 1.807) is 11.8 Å². The highest BCUT2D eigenvalue weighted by molar-refractivity contribution is 5.85. The van der Waals surface area contributed by atoms with Crippen LogP contribution in [0.4, 0.5) is 0 Å². The zero-order valence-corrected chi connectivity index (χ0v) is 13.9. The number of hydrogen-bond donors (Lipinski definition) is 1. The van der Waals surface area contributed by atoms with Gasteiger partial charge in [0.05, 0.1) is 6.04 Å². The van der Waals surface area contributed by atoms with E-state index in [4.69, 9.17) is 5.73 Å². The summed E-state index contributed by atoms with van der Waals surface area (Å²) in [6.07, 6.45) is 3.91. The highest BCUT2D eigenvalue weighted by Crippen LogP contribution is 2.23. The Kier molecular flexibility index (Phi) is 6.94. The standard InChI is InChI=1S/C15H27N3O2.ClH/c1-11-4-3-7-18(10-11)15(20)13-5-8-17(9-6-13)14(19)12(2)16;/h11-13H,3-10,16H2,1-2H3;1H/t11?,12-;/m1./s1. The molecular weight excluding hydrogens is 290 g/mol. The van der Waals surface area contributed by atoms with Gasteiger partial charge in [-0.1, -0.05) is 6.92 Å². The van der Waals surface area contributed by atoms with Crippen LogP contribution >= 0.6 is 12.4 Å². The first-order chi connectivity index (χ1) is 9.49. The maximum absolute atomic E-state index is 12.5. The van der Waals surface area contributed by atoms with Gasteiger partial charge in [0.1, 0.15) is 0 Å². The van der Waals surface area contributed by atoms with Gasteiger partial charge in [0, 0.05) is 32.1 Å². The zero-order chi connectivity index (χ0) is 14.7. The molecule has 2 saturated heterocycles. The molecule has 6 heteroatoms. The van der Waals surface area contributed by atoms with Crippen molar-refractivity contribution in [1.29, 1.82) is 0 Å². The minimum atomic E-state index is -0.440. The van der Waals surface area contributed by atoms with Crippen LogP contribution in [0.15, 0.2) is 0 Å². The Bertz CT molecular complexity index is 368. The van der Waals surface area contributed by atoms with Crippen molar-refractivity contribution >= 4 is 24.2 Å². The van der Waals surface area contributed by atoms with Crippen molar-refractivity contribution in [3.05, 3.63) is 0 Å². The van der Waals surface area contributed by atoms with Gasteiger partial charge in [-0.05, 0) is 38.5 Å². The van der Waals surface area contributed by atoms with Crippen molar-refractivity contribution in [3.63, 3.8) is 0 Å². The van der Waals surface area contributed by atoms with Gasteiger partial charge >= 0.3 is 0 Å². The molecule has 2 N–H and O–H groups in total. The number of nitrogens with zero attached hydrogens (tertiary/aromatic N) is 2. The fourth-order valence-corrected chi connectivity index (χ4v) is 3.28. The summed E-state index contributed by atoms with van der Waals surface area (Å²) in [5.74, 6) is 1.01. The summed E-state index contributed by atoms with van der Waals surface area (Å²) in [6.45, 7) is 7.07. The summed E-state index contributed by atoms with van der Waals surface area (Å²) in [5, 5.41) is 0. The average molecular weight is 318 g/mol. The van der Waals surface area contributed by atoms with Crippen LogP contribution in [0.5, 0.6) is 0 Å². The number of nitrogens with two attached hydrogens (primary N) is 1. The van der Waals surface area contributed by atoms with E-state index in [9.17, 15) is 9.59 Å². The summed E-state index contributed by atoms with van der Waals surface area (Å²) in [5.41, 5.74) is 5.63. The quantitative estimate of drug-likeness (QED) is 0.833. The number of likely N-dealkylation sites (tertiary alicyclic amines) is 2. The molecule has 2 heterocycles. The maximum atomic E-state index is 12.5. The van der Waals surface area contributed by atoms with E-state index >= 15 is 0 Å². The second-order valence-corrected chi connectivity index (χ2v) is 6.42. The Morgan fingerprint density at radius 1 is 1.10 bits per heavy atom.